The van der Waals surface area contributed by atoms with Crippen LogP contribution in [-0.2, 0) is 16.0 Å². The monoisotopic (exact) mass is 309 g/mol. The summed E-state index contributed by atoms with van der Waals surface area (Å²) in [5.74, 6) is -1.13. The van der Waals surface area contributed by atoms with Gasteiger partial charge in [0.15, 0.2) is 0 Å². The molecule has 0 radical (unpaired) electrons. The van der Waals surface area contributed by atoms with Gasteiger partial charge in [0.05, 0.1) is 6.42 Å². The number of nitrogens with zero attached hydrogens (tertiary/aromatic N) is 2. The smallest absolute Gasteiger partial charge is 0.252 e. The lowest BCUT2D eigenvalue weighted by molar-refractivity contribution is -0.137. The molecule has 1 aromatic heterocycles. The third-order valence-corrected chi connectivity index (χ3v) is 3.50. The summed E-state index contributed by atoms with van der Waals surface area (Å²) >= 11 is 5.90. The Balaban J connectivity index is 2.14. The Hall–Kier alpha value is -1.95. The van der Waals surface area contributed by atoms with E-state index in [1.165, 1.54) is 13.1 Å². The summed E-state index contributed by atoms with van der Waals surface area (Å²) in [6, 6.07) is 2.29. The maximum atomic E-state index is 12.2. The van der Waals surface area contributed by atoms with Crippen molar-refractivity contribution >= 4 is 29.3 Å². The number of hydrogen-bond acceptors (Lipinski definition) is 4. The van der Waals surface area contributed by atoms with Crippen LogP contribution in [0.3, 0.4) is 0 Å². The maximum absolute atomic E-state index is 12.2. The summed E-state index contributed by atoms with van der Waals surface area (Å²) in [5, 5.41) is 2.80. The molecule has 1 unspecified atom stereocenters. The number of pyridine rings is 1. The molecular weight excluding hydrogens is 294 g/mol. The minimum atomic E-state index is -0.809. The standard InChI is InChI=1S/C14H16ClN3O3/c1-3-4-9-5-8(6-11(15)16-9)13(20)17-10-7-12(19)18(2)14(10)21/h5-6,10H,3-4,7H2,1-2H3,(H,17,20). The summed E-state index contributed by atoms with van der Waals surface area (Å²) in [5.41, 5.74) is 1.06. The van der Waals surface area contributed by atoms with E-state index < -0.39 is 17.9 Å². The fraction of sp³-hybridized carbons (Fsp3) is 0.429. The second kappa shape index (κ2) is 6.22. The number of aryl methyl sites for hydroxylation is 1. The molecule has 1 atom stereocenters. The number of rotatable bonds is 4. The molecule has 1 aliphatic heterocycles. The number of carbonyl (C=O) groups is 3. The van der Waals surface area contributed by atoms with Crippen LogP contribution in [0.1, 0.15) is 35.8 Å². The predicted octanol–water partition coefficient (Wildman–Crippen LogP) is 1.17. The van der Waals surface area contributed by atoms with Crippen LogP contribution in [0.15, 0.2) is 12.1 Å². The number of likely N-dealkylation sites (tertiary alicyclic amines) is 1. The van der Waals surface area contributed by atoms with E-state index in [4.69, 9.17) is 11.6 Å². The molecule has 112 valence electrons. The highest BCUT2D eigenvalue weighted by atomic mass is 35.5. The predicted molar refractivity (Wildman–Crippen MR) is 76.9 cm³/mol. The van der Waals surface area contributed by atoms with Gasteiger partial charge in [0.1, 0.15) is 11.2 Å². The van der Waals surface area contributed by atoms with Gasteiger partial charge >= 0.3 is 0 Å². The van der Waals surface area contributed by atoms with E-state index in [2.05, 4.69) is 10.3 Å². The van der Waals surface area contributed by atoms with E-state index in [1.807, 2.05) is 6.92 Å². The largest absolute Gasteiger partial charge is 0.340 e. The van der Waals surface area contributed by atoms with Crippen LogP contribution in [0.25, 0.3) is 0 Å². The second-order valence-electron chi connectivity index (χ2n) is 4.94. The summed E-state index contributed by atoms with van der Waals surface area (Å²) < 4.78 is 0. The van der Waals surface area contributed by atoms with Crippen molar-refractivity contribution in [1.82, 2.24) is 15.2 Å². The van der Waals surface area contributed by atoms with Crippen LogP contribution in [-0.4, -0.2) is 40.7 Å². The number of carbonyl (C=O) groups excluding carboxylic acids is 3. The zero-order valence-electron chi connectivity index (χ0n) is 11.9. The van der Waals surface area contributed by atoms with Gasteiger partial charge in [0.2, 0.25) is 5.91 Å². The third kappa shape index (κ3) is 3.39. The van der Waals surface area contributed by atoms with Crippen LogP contribution in [0.2, 0.25) is 5.15 Å². The maximum Gasteiger partial charge on any atom is 0.252 e. The van der Waals surface area contributed by atoms with Crippen LogP contribution in [0.5, 0.6) is 0 Å². The summed E-state index contributed by atoms with van der Waals surface area (Å²) in [7, 11) is 1.40. The molecule has 2 rings (SSSR count). The molecule has 0 spiro atoms. The lowest BCUT2D eigenvalue weighted by Gasteiger charge is -2.12. The zero-order valence-corrected chi connectivity index (χ0v) is 12.6. The molecule has 1 saturated heterocycles. The van der Waals surface area contributed by atoms with E-state index in [0.717, 1.165) is 17.0 Å². The minimum Gasteiger partial charge on any atom is -0.340 e. The number of amides is 3. The Morgan fingerprint density at radius 2 is 2.19 bits per heavy atom. The second-order valence-corrected chi connectivity index (χ2v) is 5.33. The molecule has 3 amide bonds. The van der Waals surface area contributed by atoms with Gasteiger partial charge in [0.25, 0.3) is 11.8 Å². The Labute approximate surface area is 127 Å². The first-order valence-electron chi connectivity index (χ1n) is 6.70. The van der Waals surface area contributed by atoms with E-state index in [-0.39, 0.29) is 17.5 Å². The lowest BCUT2D eigenvalue weighted by Crippen LogP contribution is -2.40. The van der Waals surface area contributed by atoms with Crippen LogP contribution < -0.4 is 5.32 Å². The van der Waals surface area contributed by atoms with Crippen LogP contribution >= 0.6 is 11.6 Å². The number of hydrogen-bond donors (Lipinski definition) is 1. The summed E-state index contributed by atoms with van der Waals surface area (Å²) in [6.07, 6.45) is 1.58. The average Bonchev–Trinajstić information content (AvgIpc) is 2.66. The first-order valence-corrected chi connectivity index (χ1v) is 7.08. The van der Waals surface area contributed by atoms with Crippen molar-refractivity contribution < 1.29 is 14.4 Å². The molecule has 1 aromatic rings. The molecule has 1 aliphatic rings. The van der Waals surface area contributed by atoms with Gasteiger partial charge < -0.3 is 5.32 Å². The normalized spacial score (nSPS) is 18.2. The molecule has 0 aliphatic carbocycles. The van der Waals surface area contributed by atoms with Gasteiger partial charge in [-0.05, 0) is 18.6 Å². The van der Waals surface area contributed by atoms with Gasteiger partial charge in [0, 0.05) is 18.3 Å². The Kier molecular flexibility index (Phi) is 4.57. The fourth-order valence-electron chi connectivity index (χ4n) is 2.18. The molecule has 2 heterocycles. The van der Waals surface area contributed by atoms with Gasteiger partial charge in [-0.3, -0.25) is 19.3 Å². The van der Waals surface area contributed by atoms with Gasteiger partial charge in [-0.25, -0.2) is 4.98 Å². The number of aromatic nitrogens is 1. The Morgan fingerprint density at radius 1 is 1.48 bits per heavy atom. The van der Waals surface area contributed by atoms with Gasteiger partial charge in [-0.15, -0.1) is 0 Å². The number of nitrogens with one attached hydrogen (secondary N) is 1. The highest BCUT2D eigenvalue weighted by Gasteiger charge is 2.37. The van der Waals surface area contributed by atoms with Crippen molar-refractivity contribution in [2.75, 3.05) is 7.05 Å². The molecule has 1 fully saturated rings. The topological polar surface area (TPSA) is 79.4 Å². The molecule has 6 nitrogen and oxygen atoms in total. The van der Waals surface area contributed by atoms with Crippen molar-refractivity contribution in [3.8, 4) is 0 Å². The summed E-state index contributed by atoms with van der Waals surface area (Å²) in [4.78, 5) is 40.5. The van der Waals surface area contributed by atoms with Crippen LogP contribution in [0.4, 0.5) is 0 Å². The molecule has 7 heteroatoms. The number of likely N-dealkylation sites (N-methyl/N-ethyl adjacent to an activating group) is 1. The van der Waals surface area contributed by atoms with E-state index in [1.54, 1.807) is 6.07 Å². The first-order chi connectivity index (χ1) is 9.92. The quantitative estimate of drug-likeness (QED) is 0.669. The SMILES string of the molecule is CCCc1cc(C(=O)NC2CC(=O)N(C)C2=O)cc(Cl)n1. The third-order valence-electron chi connectivity index (χ3n) is 3.30. The van der Waals surface area contributed by atoms with E-state index in [0.29, 0.717) is 12.0 Å². The molecule has 21 heavy (non-hydrogen) atoms. The Bertz CT molecular complexity index is 603. The van der Waals surface area contributed by atoms with Crippen molar-refractivity contribution in [3.63, 3.8) is 0 Å². The Morgan fingerprint density at radius 3 is 2.76 bits per heavy atom. The number of halogens is 1. The number of imide groups is 1. The highest BCUT2D eigenvalue weighted by molar-refractivity contribution is 6.29. The molecule has 0 saturated carbocycles. The summed E-state index contributed by atoms with van der Waals surface area (Å²) in [6.45, 7) is 2.00. The van der Waals surface area contributed by atoms with Crippen LogP contribution in [0, 0.1) is 0 Å². The van der Waals surface area contributed by atoms with Crippen molar-refractivity contribution in [2.45, 2.75) is 32.2 Å². The van der Waals surface area contributed by atoms with E-state index in [9.17, 15) is 14.4 Å². The average molecular weight is 310 g/mol. The van der Waals surface area contributed by atoms with Crippen molar-refractivity contribution in [2.24, 2.45) is 0 Å². The molecule has 0 aromatic carbocycles. The molecular formula is C14H16ClN3O3. The van der Waals surface area contributed by atoms with Gasteiger partial charge in [-0.1, -0.05) is 24.9 Å². The van der Waals surface area contributed by atoms with E-state index >= 15 is 0 Å². The highest BCUT2D eigenvalue weighted by Crippen LogP contribution is 2.15. The molecule has 0 bridgehead atoms. The lowest BCUT2D eigenvalue weighted by atomic mass is 10.1. The van der Waals surface area contributed by atoms with Crippen molar-refractivity contribution in [1.29, 1.82) is 0 Å². The molecule has 1 N–H and O–H groups in total. The zero-order chi connectivity index (χ0) is 15.6. The van der Waals surface area contributed by atoms with Crippen molar-refractivity contribution in [3.05, 3.63) is 28.5 Å². The minimum absolute atomic E-state index is 0.0122. The van der Waals surface area contributed by atoms with Gasteiger partial charge in [-0.2, -0.15) is 0 Å². The fourth-order valence-corrected chi connectivity index (χ4v) is 2.40. The first kappa shape index (κ1) is 15.4.